The molecule has 0 amide bonds. The Morgan fingerprint density at radius 2 is 1.54 bits per heavy atom. The summed E-state index contributed by atoms with van der Waals surface area (Å²) in [7, 11) is 0. The third kappa shape index (κ3) is 5.34. The zero-order valence-electron chi connectivity index (χ0n) is 8.91. The summed E-state index contributed by atoms with van der Waals surface area (Å²) in [5, 5.41) is 0. The van der Waals surface area contributed by atoms with Crippen molar-refractivity contribution in [2.24, 2.45) is 5.73 Å². The largest absolute Gasteiger partial charge is 0.324 e. The summed E-state index contributed by atoms with van der Waals surface area (Å²) < 4.78 is 0. The molecule has 0 heterocycles. The molecule has 2 N–H and O–H groups in total. The van der Waals surface area contributed by atoms with Crippen molar-refractivity contribution < 1.29 is 0 Å². The highest BCUT2D eigenvalue weighted by molar-refractivity contribution is 5.26. The Kier molecular flexibility index (Phi) is 6.11. The minimum atomic E-state index is -0.110. The van der Waals surface area contributed by atoms with Crippen LogP contribution in [0.1, 0.15) is 46.5 Å². The molecule has 0 aromatic heterocycles. The Morgan fingerprint density at radius 3 is 2.00 bits per heavy atom. The first-order valence-electron chi connectivity index (χ1n) is 4.93. The summed E-state index contributed by atoms with van der Waals surface area (Å²) >= 11 is 0. The third-order valence-corrected chi connectivity index (χ3v) is 2.26. The average Bonchev–Trinajstić information content (AvgIpc) is 2.17. The summed E-state index contributed by atoms with van der Waals surface area (Å²) in [6, 6.07) is 0. The molecule has 0 aromatic rings. The van der Waals surface area contributed by atoms with Crippen LogP contribution in [0.3, 0.4) is 0 Å². The number of hydrogen-bond donors (Lipinski definition) is 1. The van der Waals surface area contributed by atoms with Gasteiger partial charge in [-0.15, -0.1) is 0 Å². The van der Waals surface area contributed by atoms with Crippen LogP contribution in [0.2, 0.25) is 0 Å². The van der Waals surface area contributed by atoms with E-state index in [2.05, 4.69) is 37.5 Å². The second-order valence-corrected chi connectivity index (χ2v) is 3.20. The molecule has 0 aromatic carbocycles. The molecular formula is C12H19N. The van der Waals surface area contributed by atoms with Crippen molar-refractivity contribution in [1.82, 2.24) is 0 Å². The molecule has 72 valence electrons. The fourth-order valence-corrected chi connectivity index (χ4v) is 0.897. The van der Waals surface area contributed by atoms with Gasteiger partial charge in [-0.25, -0.2) is 0 Å². The Hall–Kier alpha value is -0.920. The van der Waals surface area contributed by atoms with Gasteiger partial charge in [-0.3, -0.25) is 0 Å². The second-order valence-electron chi connectivity index (χ2n) is 3.20. The van der Waals surface area contributed by atoms with Crippen LogP contribution in [0.5, 0.6) is 0 Å². The van der Waals surface area contributed by atoms with E-state index in [4.69, 9.17) is 5.73 Å². The number of nitrogens with two attached hydrogens (primary N) is 1. The number of hydrogen-bond acceptors (Lipinski definition) is 1. The first kappa shape index (κ1) is 12.1. The Labute approximate surface area is 82.1 Å². The Bertz CT molecular complexity index is 240. The molecule has 0 spiro atoms. The van der Waals surface area contributed by atoms with Crippen molar-refractivity contribution in [2.45, 2.75) is 52.0 Å². The molecule has 0 unspecified atom stereocenters. The van der Waals surface area contributed by atoms with E-state index in [0.29, 0.717) is 0 Å². The van der Waals surface area contributed by atoms with Crippen LogP contribution < -0.4 is 5.73 Å². The lowest BCUT2D eigenvalue weighted by molar-refractivity contribution is 0.406. The van der Waals surface area contributed by atoms with Crippen molar-refractivity contribution in [3.63, 3.8) is 0 Å². The van der Waals surface area contributed by atoms with Crippen LogP contribution in [0.15, 0.2) is 0 Å². The standard InChI is InChI=1S/C12H19N/c1-4-7-8-9-10-11-12(13,5-2)6-3/h4-6,11,13H2,1-3H3. The van der Waals surface area contributed by atoms with Crippen molar-refractivity contribution in [2.75, 3.05) is 0 Å². The van der Waals surface area contributed by atoms with Crippen LogP contribution >= 0.6 is 0 Å². The maximum atomic E-state index is 6.06. The minimum Gasteiger partial charge on any atom is -0.324 e. The fourth-order valence-electron chi connectivity index (χ4n) is 0.897. The van der Waals surface area contributed by atoms with Gasteiger partial charge in [0.05, 0.1) is 0 Å². The van der Waals surface area contributed by atoms with Crippen LogP contribution in [0.4, 0.5) is 0 Å². The normalized spacial score (nSPS) is 9.54. The summed E-state index contributed by atoms with van der Waals surface area (Å²) in [5.41, 5.74) is 5.95. The van der Waals surface area contributed by atoms with E-state index in [-0.39, 0.29) is 5.54 Å². The van der Waals surface area contributed by atoms with Crippen LogP contribution in [-0.2, 0) is 0 Å². The lowest BCUT2D eigenvalue weighted by atomic mass is 9.91. The highest BCUT2D eigenvalue weighted by atomic mass is 14.7. The third-order valence-electron chi connectivity index (χ3n) is 2.26. The highest BCUT2D eigenvalue weighted by Gasteiger charge is 2.17. The fraction of sp³-hybridized carbons (Fsp3) is 0.667. The minimum absolute atomic E-state index is 0.110. The van der Waals surface area contributed by atoms with Crippen LogP contribution in [-0.4, -0.2) is 5.54 Å². The molecule has 0 saturated heterocycles. The van der Waals surface area contributed by atoms with Gasteiger partial charge in [-0.1, -0.05) is 32.6 Å². The molecule has 0 aliphatic carbocycles. The van der Waals surface area contributed by atoms with Gasteiger partial charge in [0.15, 0.2) is 0 Å². The first-order valence-corrected chi connectivity index (χ1v) is 4.93. The molecule has 1 heteroatoms. The molecule has 1 nitrogen and oxygen atoms in total. The van der Waals surface area contributed by atoms with Gasteiger partial charge in [0.2, 0.25) is 0 Å². The highest BCUT2D eigenvalue weighted by Crippen LogP contribution is 2.14. The summed E-state index contributed by atoms with van der Waals surface area (Å²) in [5.74, 6) is 11.5. The van der Waals surface area contributed by atoms with Gasteiger partial charge >= 0.3 is 0 Å². The van der Waals surface area contributed by atoms with Crippen LogP contribution in [0, 0.1) is 23.7 Å². The topological polar surface area (TPSA) is 26.0 Å². The Morgan fingerprint density at radius 1 is 1.00 bits per heavy atom. The van der Waals surface area contributed by atoms with Gasteiger partial charge in [-0.2, -0.15) is 0 Å². The van der Waals surface area contributed by atoms with E-state index < -0.39 is 0 Å². The van der Waals surface area contributed by atoms with Gasteiger partial charge in [0.25, 0.3) is 0 Å². The lowest BCUT2D eigenvalue weighted by Crippen LogP contribution is -2.37. The molecule has 0 bridgehead atoms. The molecule has 0 aliphatic rings. The van der Waals surface area contributed by atoms with Crippen molar-refractivity contribution in [3.8, 4) is 23.7 Å². The SMILES string of the molecule is CCC#CC#CCC(N)(CC)CC. The quantitative estimate of drug-likeness (QED) is 0.658. The summed E-state index contributed by atoms with van der Waals surface area (Å²) in [6.45, 7) is 6.21. The maximum absolute atomic E-state index is 6.06. The first-order chi connectivity index (χ1) is 6.18. The smallest absolute Gasteiger partial charge is 0.0279 e. The predicted octanol–water partition coefficient (Wildman–Crippen LogP) is 2.31. The van der Waals surface area contributed by atoms with Crippen molar-refractivity contribution >= 4 is 0 Å². The van der Waals surface area contributed by atoms with Gasteiger partial charge in [0, 0.05) is 18.4 Å². The van der Waals surface area contributed by atoms with Gasteiger partial charge in [-0.05, 0) is 24.7 Å². The van der Waals surface area contributed by atoms with Gasteiger partial charge < -0.3 is 5.73 Å². The average molecular weight is 177 g/mol. The lowest BCUT2D eigenvalue weighted by Gasteiger charge is -2.23. The number of rotatable bonds is 3. The Balaban J connectivity index is 4.03. The van der Waals surface area contributed by atoms with Crippen molar-refractivity contribution in [3.05, 3.63) is 0 Å². The second kappa shape index (κ2) is 6.58. The zero-order valence-corrected chi connectivity index (χ0v) is 8.91. The zero-order chi connectivity index (χ0) is 10.2. The molecule has 0 radical (unpaired) electrons. The van der Waals surface area contributed by atoms with E-state index >= 15 is 0 Å². The van der Waals surface area contributed by atoms with E-state index in [1.54, 1.807) is 0 Å². The van der Waals surface area contributed by atoms with E-state index in [9.17, 15) is 0 Å². The maximum Gasteiger partial charge on any atom is 0.0279 e. The molecular weight excluding hydrogens is 158 g/mol. The molecule has 0 saturated carbocycles. The molecule has 13 heavy (non-hydrogen) atoms. The van der Waals surface area contributed by atoms with E-state index in [1.807, 2.05) is 6.92 Å². The predicted molar refractivity (Wildman–Crippen MR) is 58.0 cm³/mol. The van der Waals surface area contributed by atoms with Crippen LogP contribution in [0.25, 0.3) is 0 Å². The van der Waals surface area contributed by atoms with Crippen molar-refractivity contribution in [1.29, 1.82) is 0 Å². The monoisotopic (exact) mass is 177 g/mol. The molecule has 0 atom stereocenters. The summed E-state index contributed by atoms with van der Waals surface area (Å²) in [6.07, 6.45) is 3.56. The summed E-state index contributed by atoms with van der Waals surface area (Å²) in [4.78, 5) is 0. The molecule has 0 rings (SSSR count). The van der Waals surface area contributed by atoms with E-state index in [1.165, 1.54) is 0 Å². The van der Waals surface area contributed by atoms with E-state index in [0.717, 1.165) is 25.7 Å². The van der Waals surface area contributed by atoms with Gasteiger partial charge in [0.1, 0.15) is 0 Å². The molecule has 0 aliphatic heterocycles. The molecule has 0 fully saturated rings.